The van der Waals surface area contributed by atoms with E-state index in [1.54, 1.807) is 0 Å². The Balaban J connectivity index is 4.21. The second-order valence-corrected chi connectivity index (χ2v) is 21.5. The molecule has 0 saturated heterocycles. The van der Waals surface area contributed by atoms with Crippen molar-refractivity contribution in [2.24, 2.45) is 17.8 Å². The van der Waals surface area contributed by atoms with Crippen LogP contribution in [-0.2, 0) is 28.6 Å². The lowest BCUT2D eigenvalue weighted by Gasteiger charge is -2.18. The molecule has 0 radical (unpaired) electrons. The van der Waals surface area contributed by atoms with Crippen LogP contribution in [-0.4, -0.2) is 37.2 Å². The van der Waals surface area contributed by atoms with Crippen LogP contribution in [0, 0.1) is 17.8 Å². The number of unbranched alkanes of at least 4 members (excludes halogenated alkanes) is 34. The van der Waals surface area contributed by atoms with E-state index in [1.165, 1.54) is 205 Å². The minimum absolute atomic E-state index is 0.0640. The number of esters is 3. The van der Waals surface area contributed by atoms with E-state index in [4.69, 9.17) is 14.2 Å². The van der Waals surface area contributed by atoms with Gasteiger partial charge in [-0.15, -0.1) is 0 Å². The van der Waals surface area contributed by atoms with E-state index >= 15 is 0 Å². The Kier molecular flexibility index (Phi) is 49.1. The molecule has 0 fully saturated rings. The standard InChI is InChI=1S/C59H114O6/c1-7-55(6)47-41-35-29-23-16-14-12-10-8-9-11-13-15-17-24-30-36-42-48-57(60)63-51-56(65-59(62)50-44-38-32-26-20-22-28-34-40-46-54(4)5)52-64-58(61)49-43-37-31-25-19-18-21-27-33-39-45-53(2)3/h53-56H,7-52H2,1-6H3/t55?,56-/m1/s1. The summed E-state index contributed by atoms with van der Waals surface area (Å²) in [6, 6.07) is 0. The second-order valence-electron chi connectivity index (χ2n) is 21.5. The highest BCUT2D eigenvalue weighted by molar-refractivity contribution is 5.71. The fourth-order valence-corrected chi connectivity index (χ4v) is 8.97. The van der Waals surface area contributed by atoms with Crippen LogP contribution in [0.4, 0.5) is 0 Å². The van der Waals surface area contributed by atoms with Crippen LogP contribution in [0.25, 0.3) is 0 Å². The Morgan fingerprint density at radius 2 is 0.538 bits per heavy atom. The Labute approximate surface area is 406 Å². The minimum atomic E-state index is -0.764. The van der Waals surface area contributed by atoms with E-state index in [0.717, 1.165) is 75.5 Å². The third-order valence-corrected chi connectivity index (χ3v) is 13.8. The summed E-state index contributed by atoms with van der Waals surface area (Å²) in [5.41, 5.74) is 0. The molecule has 386 valence electrons. The van der Waals surface area contributed by atoms with E-state index in [-0.39, 0.29) is 31.1 Å². The Hall–Kier alpha value is -1.59. The van der Waals surface area contributed by atoms with Crippen LogP contribution in [0.1, 0.15) is 324 Å². The molecule has 0 spiro atoms. The first-order chi connectivity index (χ1) is 31.6. The summed E-state index contributed by atoms with van der Waals surface area (Å²) in [4.78, 5) is 38.1. The van der Waals surface area contributed by atoms with Gasteiger partial charge in [-0.25, -0.2) is 0 Å². The first kappa shape index (κ1) is 63.4. The van der Waals surface area contributed by atoms with E-state index in [1.807, 2.05) is 0 Å². The van der Waals surface area contributed by atoms with Crippen LogP contribution in [0.2, 0.25) is 0 Å². The summed E-state index contributed by atoms with van der Waals surface area (Å²) in [5.74, 6) is 1.69. The van der Waals surface area contributed by atoms with Crippen molar-refractivity contribution in [3.63, 3.8) is 0 Å². The number of hydrogen-bond donors (Lipinski definition) is 0. The van der Waals surface area contributed by atoms with Gasteiger partial charge in [0, 0.05) is 19.3 Å². The lowest BCUT2D eigenvalue weighted by molar-refractivity contribution is -0.167. The smallest absolute Gasteiger partial charge is 0.306 e. The normalized spacial score (nSPS) is 12.6. The molecule has 0 N–H and O–H groups in total. The topological polar surface area (TPSA) is 78.9 Å². The van der Waals surface area contributed by atoms with Gasteiger partial charge in [-0.05, 0) is 37.0 Å². The number of carbonyl (C=O) groups is 3. The third kappa shape index (κ3) is 51.6. The zero-order valence-corrected chi connectivity index (χ0v) is 44.8. The molecule has 6 nitrogen and oxygen atoms in total. The Bertz CT molecular complexity index is 1010. The number of hydrogen-bond acceptors (Lipinski definition) is 6. The Morgan fingerprint density at radius 3 is 0.800 bits per heavy atom. The highest BCUT2D eigenvalue weighted by atomic mass is 16.6. The second kappa shape index (κ2) is 50.3. The number of rotatable bonds is 52. The Morgan fingerprint density at radius 1 is 0.308 bits per heavy atom. The zero-order chi connectivity index (χ0) is 47.7. The maximum absolute atomic E-state index is 12.8. The van der Waals surface area contributed by atoms with Gasteiger partial charge in [-0.1, -0.05) is 286 Å². The first-order valence-electron chi connectivity index (χ1n) is 29.1. The van der Waals surface area contributed by atoms with Gasteiger partial charge < -0.3 is 14.2 Å². The molecule has 0 saturated carbocycles. The SMILES string of the molecule is CCC(C)CCCCCCCCCCCCCCCCCCCCC(=O)OC[C@H](COC(=O)CCCCCCCCCCCCC(C)C)OC(=O)CCCCCCCCCCCC(C)C. The van der Waals surface area contributed by atoms with Crippen molar-refractivity contribution in [2.45, 2.75) is 330 Å². The predicted octanol–water partition coefficient (Wildman–Crippen LogP) is 19.1. The van der Waals surface area contributed by atoms with Crippen LogP contribution in [0.5, 0.6) is 0 Å². The van der Waals surface area contributed by atoms with Gasteiger partial charge in [0.05, 0.1) is 0 Å². The van der Waals surface area contributed by atoms with E-state index < -0.39 is 6.10 Å². The summed E-state index contributed by atoms with van der Waals surface area (Å²) in [7, 11) is 0. The molecule has 0 heterocycles. The zero-order valence-electron chi connectivity index (χ0n) is 44.8. The van der Waals surface area contributed by atoms with Gasteiger partial charge >= 0.3 is 17.9 Å². The molecule has 1 unspecified atom stereocenters. The lowest BCUT2D eigenvalue weighted by atomic mass is 9.99. The molecule has 0 rings (SSSR count). The molecule has 2 atom stereocenters. The average molecular weight is 920 g/mol. The average Bonchev–Trinajstić information content (AvgIpc) is 3.28. The molecule has 0 aliphatic rings. The van der Waals surface area contributed by atoms with Gasteiger partial charge in [0.2, 0.25) is 0 Å². The van der Waals surface area contributed by atoms with Crippen molar-refractivity contribution >= 4 is 17.9 Å². The predicted molar refractivity (Wildman–Crippen MR) is 279 cm³/mol. The summed E-state index contributed by atoms with van der Waals surface area (Å²) < 4.78 is 16.9. The van der Waals surface area contributed by atoms with E-state index in [9.17, 15) is 14.4 Å². The highest BCUT2D eigenvalue weighted by Crippen LogP contribution is 2.19. The summed E-state index contributed by atoms with van der Waals surface area (Å²) in [6.45, 7) is 13.8. The largest absolute Gasteiger partial charge is 0.462 e. The van der Waals surface area contributed by atoms with Gasteiger partial charge in [-0.2, -0.15) is 0 Å². The van der Waals surface area contributed by atoms with Gasteiger partial charge in [0.15, 0.2) is 6.10 Å². The van der Waals surface area contributed by atoms with Crippen molar-refractivity contribution in [3.05, 3.63) is 0 Å². The maximum atomic E-state index is 12.8. The molecule has 65 heavy (non-hydrogen) atoms. The van der Waals surface area contributed by atoms with Crippen molar-refractivity contribution in [1.82, 2.24) is 0 Å². The van der Waals surface area contributed by atoms with Crippen LogP contribution < -0.4 is 0 Å². The molecule has 0 aromatic heterocycles. The first-order valence-corrected chi connectivity index (χ1v) is 29.1. The molecule has 6 heteroatoms. The third-order valence-electron chi connectivity index (χ3n) is 13.8. The molecule has 0 aliphatic heterocycles. The molecule has 0 aliphatic carbocycles. The van der Waals surface area contributed by atoms with Gasteiger partial charge in [0.25, 0.3) is 0 Å². The van der Waals surface area contributed by atoms with Crippen LogP contribution in [0.15, 0.2) is 0 Å². The fourth-order valence-electron chi connectivity index (χ4n) is 8.97. The molecule has 0 aromatic rings. The van der Waals surface area contributed by atoms with Crippen molar-refractivity contribution < 1.29 is 28.6 Å². The quantitative estimate of drug-likeness (QED) is 0.0344. The summed E-state index contributed by atoms with van der Waals surface area (Å²) >= 11 is 0. The maximum Gasteiger partial charge on any atom is 0.306 e. The van der Waals surface area contributed by atoms with Crippen LogP contribution in [0.3, 0.4) is 0 Å². The fraction of sp³-hybridized carbons (Fsp3) is 0.949. The molecule has 0 aromatic carbocycles. The molecular weight excluding hydrogens is 805 g/mol. The van der Waals surface area contributed by atoms with Crippen molar-refractivity contribution in [1.29, 1.82) is 0 Å². The van der Waals surface area contributed by atoms with Crippen molar-refractivity contribution in [2.75, 3.05) is 13.2 Å². The van der Waals surface area contributed by atoms with Crippen LogP contribution >= 0.6 is 0 Å². The number of carbonyl (C=O) groups excluding carboxylic acids is 3. The van der Waals surface area contributed by atoms with E-state index in [2.05, 4.69) is 41.5 Å². The number of ether oxygens (including phenoxy) is 3. The minimum Gasteiger partial charge on any atom is -0.462 e. The lowest BCUT2D eigenvalue weighted by Crippen LogP contribution is -2.30. The van der Waals surface area contributed by atoms with E-state index in [0.29, 0.717) is 19.3 Å². The molecule has 0 amide bonds. The molecule has 0 bridgehead atoms. The summed E-state index contributed by atoms with van der Waals surface area (Å²) in [6.07, 6.45) is 52.4. The van der Waals surface area contributed by atoms with Gasteiger partial charge in [0.1, 0.15) is 13.2 Å². The molecular formula is C59H114O6. The summed E-state index contributed by atoms with van der Waals surface area (Å²) in [5, 5.41) is 0. The van der Waals surface area contributed by atoms with Gasteiger partial charge in [-0.3, -0.25) is 14.4 Å². The highest BCUT2D eigenvalue weighted by Gasteiger charge is 2.19. The van der Waals surface area contributed by atoms with Crippen molar-refractivity contribution in [3.8, 4) is 0 Å². The monoisotopic (exact) mass is 919 g/mol.